The minimum Gasteiger partial charge on any atom is -0.479 e. The maximum absolute atomic E-state index is 13.8. The number of cyclic esters (lactones) is 1. The summed E-state index contributed by atoms with van der Waals surface area (Å²) in [6.07, 6.45) is -13.0. The Bertz CT molecular complexity index is 1850. The highest BCUT2D eigenvalue weighted by atomic mass is 16.7. The Labute approximate surface area is 432 Å². The predicted octanol–water partition coefficient (Wildman–Crippen LogP) is -0.289. The molecule has 0 aromatic rings. The summed E-state index contributed by atoms with van der Waals surface area (Å²) in [4.78, 5) is 61.1. The number of aliphatic carboxylic acids is 2. The van der Waals surface area contributed by atoms with E-state index in [-0.39, 0.29) is 31.7 Å². The fraction of sp³-hybridized carbons (Fsp3) is 0.820. The van der Waals surface area contributed by atoms with Gasteiger partial charge in [0.15, 0.2) is 36.9 Å². The van der Waals surface area contributed by atoms with Gasteiger partial charge in [-0.15, -0.1) is 0 Å². The van der Waals surface area contributed by atoms with E-state index >= 15 is 0 Å². The van der Waals surface area contributed by atoms with E-state index in [9.17, 15) is 49.5 Å². The number of allylic oxidation sites excluding steroid dienone is 3. The molecule has 4 rings (SSSR count). The van der Waals surface area contributed by atoms with E-state index in [1.54, 1.807) is 59.7 Å². The summed E-state index contributed by atoms with van der Waals surface area (Å²) in [5.41, 5.74) is -0.806. The second-order valence-corrected chi connectivity index (χ2v) is 20.3. The van der Waals surface area contributed by atoms with Crippen molar-refractivity contribution in [2.45, 2.75) is 203 Å². The molecule has 0 aliphatic carbocycles. The number of ketones is 1. The maximum atomic E-state index is 13.8. The third kappa shape index (κ3) is 17.3. The highest BCUT2D eigenvalue weighted by Gasteiger charge is 2.52. The molecule has 24 nitrogen and oxygen atoms in total. The molecule has 23 atom stereocenters. The lowest BCUT2D eigenvalue weighted by atomic mass is 9.79. The number of esters is 1. The van der Waals surface area contributed by atoms with Crippen LogP contribution in [0.2, 0.25) is 0 Å². The monoisotopic (exact) mass is 1070 g/mol. The minimum atomic E-state index is -2.27. The maximum Gasteiger partial charge on any atom is 0.335 e. The van der Waals surface area contributed by atoms with Crippen molar-refractivity contribution in [1.29, 1.82) is 0 Å². The number of rotatable bonds is 16. The first-order valence-corrected chi connectivity index (χ1v) is 25.0. The molecule has 0 saturated carbocycles. The first kappa shape index (κ1) is 64.9. The summed E-state index contributed by atoms with van der Waals surface area (Å²) >= 11 is 0. The molecule has 4 aliphatic heterocycles. The molecule has 4 heterocycles. The first-order valence-electron chi connectivity index (χ1n) is 25.0. The molecule has 24 heteroatoms. The van der Waals surface area contributed by atoms with Gasteiger partial charge < -0.3 is 98.3 Å². The van der Waals surface area contributed by atoms with Crippen molar-refractivity contribution >= 4 is 30.0 Å². The third-order valence-corrected chi connectivity index (χ3v) is 14.2. The summed E-state index contributed by atoms with van der Waals surface area (Å²) in [6, 6.07) is -0.748. The van der Waals surface area contributed by atoms with Crippen LogP contribution in [-0.2, 0) is 66.6 Å². The van der Waals surface area contributed by atoms with Gasteiger partial charge in [-0.2, -0.15) is 0 Å². The molecule has 3 saturated heterocycles. The fourth-order valence-electron chi connectivity index (χ4n) is 9.78. The normalized spacial score (nSPS) is 41.9. The number of hydrogen-bond acceptors (Lipinski definition) is 22. The van der Waals surface area contributed by atoms with Crippen LogP contribution in [0.15, 0.2) is 23.8 Å². The van der Waals surface area contributed by atoms with Gasteiger partial charge in [-0.05, 0) is 73.5 Å². The number of nitrogens with zero attached hydrogens (tertiary/aromatic N) is 1. The SMILES string of the molecule is CC[C@H]1OC(=O)C[C@@H](O)[C@H](C)C(O[C@@H]2O[C@H](C)[C@@H](O[C@H]3C[C@@](C)(O)[C@@H](O)[C@H](C)O3)[C@H](N(C)C)[C@H]2O)[C@@H](CC=O)C[C@@H](C)C(=O)/C=C/C(C)=C/C1CO[C@@H]1O[C@H](C)[C@@H](O)[C@@H](OC)[C@H]1OC.O=C(O)C(O)C(O)C(=O)O. The average Bonchev–Trinajstić information content (AvgIpc) is 3.33. The van der Waals surface area contributed by atoms with Gasteiger partial charge in [0.1, 0.15) is 49.0 Å². The number of hydrogen-bond donors (Lipinski definition) is 9. The number of aliphatic hydroxyl groups excluding tert-OH is 6. The average molecular weight is 1070 g/mol. The lowest BCUT2D eigenvalue weighted by Gasteiger charge is -2.50. The van der Waals surface area contributed by atoms with Gasteiger partial charge >= 0.3 is 17.9 Å². The van der Waals surface area contributed by atoms with Crippen LogP contribution in [0.1, 0.15) is 87.5 Å². The number of aliphatic hydroxyl groups is 7. The van der Waals surface area contributed by atoms with E-state index < -0.39 is 164 Å². The van der Waals surface area contributed by atoms with Crippen LogP contribution in [0.25, 0.3) is 0 Å². The van der Waals surface area contributed by atoms with Crippen molar-refractivity contribution in [2.75, 3.05) is 34.9 Å². The molecule has 0 aromatic carbocycles. The van der Waals surface area contributed by atoms with Gasteiger partial charge in [0, 0.05) is 44.8 Å². The number of likely N-dealkylation sites (N-methyl/N-ethyl adjacent to an activating group) is 1. The van der Waals surface area contributed by atoms with Crippen LogP contribution in [0.3, 0.4) is 0 Å². The third-order valence-electron chi connectivity index (χ3n) is 14.2. The van der Waals surface area contributed by atoms with E-state index in [0.29, 0.717) is 12.0 Å². The standard InChI is InChI=1S/C46H77NO17.C4H6O6/c1-13-33-30(22-58-45-42(57-12)41(56-11)37(52)26(5)60-45)18-23(2)14-15-31(49)24(3)19-29(16-17-48)39(25(4)32(50)20-34(51)62-33)64-44-38(53)36(47(9)10)40(27(6)61-44)63-35-21-46(8,55)43(54)28(7)59-35;5-1(3(7)8)2(6)4(9)10/h14-15,17-18,24-30,32-33,35-45,50,52-55H,13,16,19-22H2,1-12H3;1-2,5-6H,(H,7,8)(H,9,10)/b15-14+,23-18+;/t24-,25+,26-,27-,28+,29+,30?,32-,33-,35+,36-,37-,38-,39?,40-,41-,42-,43+,44+,45-,46-;/m1./s1. The molecule has 0 bridgehead atoms. The largest absolute Gasteiger partial charge is 0.479 e. The van der Waals surface area contributed by atoms with E-state index in [1.807, 2.05) is 19.9 Å². The Hall–Kier alpha value is -3.41. The Morgan fingerprint density at radius 1 is 0.838 bits per heavy atom. The van der Waals surface area contributed by atoms with Crippen molar-refractivity contribution in [3.05, 3.63) is 23.8 Å². The number of aldehydes is 1. The van der Waals surface area contributed by atoms with Crippen molar-refractivity contribution in [1.82, 2.24) is 4.90 Å². The van der Waals surface area contributed by atoms with Gasteiger partial charge in [0.25, 0.3) is 0 Å². The topological polar surface area (TPSA) is 354 Å². The van der Waals surface area contributed by atoms with Crippen LogP contribution >= 0.6 is 0 Å². The molecule has 9 N–H and O–H groups in total. The summed E-state index contributed by atoms with van der Waals surface area (Å²) in [6.45, 7) is 13.6. The van der Waals surface area contributed by atoms with E-state index in [2.05, 4.69) is 0 Å². The highest BCUT2D eigenvalue weighted by molar-refractivity contribution is 5.91. The van der Waals surface area contributed by atoms with Crippen LogP contribution in [-0.4, -0.2) is 232 Å². The van der Waals surface area contributed by atoms with Crippen LogP contribution in [0.4, 0.5) is 0 Å². The molecular formula is C50H83NO23. The van der Waals surface area contributed by atoms with Gasteiger partial charge in [-0.1, -0.05) is 38.5 Å². The molecule has 3 fully saturated rings. The van der Waals surface area contributed by atoms with Gasteiger partial charge in [0.05, 0.1) is 55.2 Å². The minimum absolute atomic E-state index is 0.00788. The van der Waals surface area contributed by atoms with Gasteiger partial charge in [-0.3, -0.25) is 9.59 Å². The lowest BCUT2D eigenvalue weighted by Crippen LogP contribution is -2.65. The lowest BCUT2D eigenvalue weighted by molar-refractivity contribution is -0.341. The Balaban J connectivity index is 0.00000130. The zero-order valence-electron chi connectivity index (χ0n) is 44.4. The van der Waals surface area contributed by atoms with E-state index in [1.165, 1.54) is 27.2 Å². The number of ether oxygens (including phenoxy) is 9. The zero-order valence-corrected chi connectivity index (χ0v) is 44.4. The summed E-state index contributed by atoms with van der Waals surface area (Å²) in [5.74, 6) is -7.13. The number of carboxylic acids is 2. The number of carbonyl (C=O) groups is 5. The molecular weight excluding hydrogens is 983 g/mol. The molecule has 0 aromatic heterocycles. The Morgan fingerprint density at radius 2 is 1.43 bits per heavy atom. The van der Waals surface area contributed by atoms with E-state index in [4.69, 9.17) is 63.1 Å². The zero-order chi connectivity index (χ0) is 56.1. The van der Waals surface area contributed by atoms with Crippen LogP contribution < -0.4 is 0 Å². The molecule has 0 amide bonds. The molecule has 0 spiro atoms. The van der Waals surface area contributed by atoms with Crippen molar-refractivity contribution in [2.24, 2.45) is 23.7 Å². The smallest absolute Gasteiger partial charge is 0.335 e. The second-order valence-electron chi connectivity index (χ2n) is 20.3. The second kappa shape index (κ2) is 29.4. The number of methoxy groups -OCH3 is 2. The molecule has 4 aliphatic rings. The number of carboxylic acid groups (broad SMARTS) is 2. The first-order chi connectivity index (χ1) is 34.5. The molecule has 74 heavy (non-hydrogen) atoms. The van der Waals surface area contributed by atoms with E-state index in [0.717, 1.165) is 6.29 Å². The van der Waals surface area contributed by atoms with Crippen molar-refractivity contribution in [3.8, 4) is 0 Å². The number of carbonyl (C=O) groups excluding carboxylic acids is 3. The van der Waals surface area contributed by atoms with Crippen molar-refractivity contribution < 1.29 is 113 Å². The fourth-order valence-corrected chi connectivity index (χ4v) is 9.78. The highest BCUT2D eigenvalue weighted by Crippen LogP contribution is 2.37. The quantitative estimate of drug-likeness (QED) is 0.0708. The Morgan fingerprint density at radius 3 is 1.96 bits per heavy atom. The molecule has 4 unspecified atom stereocenters. The molecule has 426 valence electrons. The summed E-state index contributed by atoms with van der Waals surface area (Å²) < 4.78 is 54.7. The summed E-state index contributed by atoms with van der Waals surface area (Å²) in [7, 11) is 6.43. The van der Waals surface area contributed by atoms with Crippen LogP contribution in [0.5, 0.6) is 0 Å². The van der Waals surface area contributed by atoms with Gasteiger partial charge in [-0.25, -0.2) is 9.59 Å². The van der Waals surface area contributed by atoms with Gasteiger partial charge in [0.2, 0.25) is 0 Å². The van der Waals surface area contributed by atoms with Crippen molar-refractivity contribution in [3.63, 3.8) is 0 Å². The molecule has 0 radical (unpaired) electrons. The van der Waals surface area contributed by atoms with Crippen LogP contribution in [0, 0.1) is 23.7 Å². The summed E-state index contributed by atoms with van der Waals surface area (Å²) in [5, 5.41) is 88.3. The predicted molar refractivity (Wildman–Crippen MR) is 258 cm³/mol. The Kier molecular flexibility index (Phi) is 25.7.